The molecule has 188 valence electrons. The molecule has 0 radical (unpaired) electrons. The number of hydrogen-bond donors (Lipinski definition) is 2. The smallest absolute Gasteiger partial charge is 0.244 e. The van der Waals surface area contributed by atoms with Crippen molar-refractivity contribution < 1.29 is 27.4 Å². The molecule has 1 heterocycles. The van der Waals surface area contributed by atoms with E-state index in [2.05, 4.69) is 20.1 Å². The summed E-state index contributed by atoms with van der Waals surface area (Å²) in [5, 5.41) is 6.84. The van der Waals surface area contributed by atoms with Gasteiger partial charge in [0, 0.05) is 6.54 Å². The lowest BCUT2D eigenvalue weighted by atomic mass is 10.0. The summed E-state index contributed by atoms with van der Waals surface area (Å²) in [5.41, 5.74) is 0.166. The molecule has 1 unspecified atom stereocenters. The van der Waals surface area contributed by atoms with Crippen molar-refractivity contribution in [2.24, 2.45) is 0 Å². The minimum atomic E-state index is -3.70. The lowest BCUT2D eigenvalue weighted by molar-refractivity contribution is -0.127. The second-order valence-corrected chi connectivity index (χ2v) is 9.77. The largest absolute Gasteiger partial charge is 0.493 e. The molecule has 1 atom stereocenters. The first kappa shape index (κ1) is 26.0. The Kier molecular flexibility index (Phi) is 8.30. The molecule has 1 amide bonds. The lowest BCUT2D eigenvalue weighted by Gasteiger charge is -2.28. The maximum atomic E-state index is 13.0. The Morgan fingerprint density at radius 2 is 1.80 bits per heavy atom. The van der Waals surface area contributed by atoms with Crippen molar-refractivity contribution in [2.45, 2.75) is 18.9 Å². The minimum absolute atomic E-state index is 0.217. The molecule has 0 fully saturated rings. The summed E-state index contributed by atoms with van der Waals surface area (Å²) in [5.74, 6) is 1.15. The lowest BCUT2D eigenvalue weighted by Crippen LogP contribution is -2.60. The summed E-state index contributed by atoms with van der Waals surface area (Å²) in [4.78, 5) is 16.9. The van der Waals surface area contributed by atoms with Crippen LogP contribution in [0.5, 0.6) is 17.2 Å². The highest BCUT2D eigenvalue weighted by Crippen LogP contribution is 2.27. The van der Waals surface area contributed by atoms with Crippen molar-refractivity contribution in [3.8, 4) is 22.9 Å². The average molecular weight is 504 g/mol. The Hall–Kier alpha value is -3.64. The first-order valence-corrected chi connectivity index (χ1v) is 12.6. The van der Waals surface area contributed by atoms with Crippen LogP contribution in [0.15, 0.2) is 55.1 Å². The maximum absolute atomic E-state index is 13.0. The minimum Gasteiger partial charge on any atom is -0.493 e. The molecule has 0 spiro atoms. The van der Waals surface area contributed by atoms with Gasteiger partial charge in [0.25, 0.3) is 0 Å². The van der Waals surface area contributed by atoms with E-state index in [9.17, 15) is 13.2 Å². The molecule has 0 saturated heterocycles. The molecular formula is C23H29N5O6S. The third kappa shape index (κ3) is 7.17. The summed E-state index contributed by atoms with van der Waals surface area (Å²) in [7, 11) is -0.596. The van der Waals surface area contributed by atoms with E-state index in [1.807, 2.05) is 12.1 Å². The van der Waals surface area contributed by atoms with E-state index in [4.69, 9.17) is 14.2 Å². The van der Waals surface area contributed by atoms with Crippen LogP contribution in [0, 0.1) is 0 Å². The van der Waals surface area contributed by atoms with Crippen molar-refractivity contribution in [2.75, 3.05) is 33.6 Å². The maximum Gasteiger partial charge on any atom is 0.244 e. The highest BCUT2D eigenvalue weighted by Gasteiger charge is 2.37. The monoisotopic (exact) mass is 503 g/mol. The normalized spacial score (nSPS) is 13.0. The van der Waals surface area contributed by atoms with Gasteiger partial charge in [-0.15, -0.1) is 0 Å². The Balaban J connectivity index is 1.64. The van der Waals surface area contributed by atoms with Gasteiger partial charge >= 0.3 is 0 Å². The van der Waals surface area contributed by atoms with Crippen LogP contribution in [0.4, 0.5) is 0 Å². The van der Waals surface area contributed by atoms with Gasteiger partial charge in [-0.2, -0.15) is 9.82 Å². The summed E-state index contributed by atoms with van der Waals surface area (Å²) >= 11 is 0. The molecule has 3 rings (SSSR count). The number of hydrogen-bond acceptors (Lipinski definition) is 8. The number of sulfonamides is 1. The molecule has 11 nitrogen and oxygen atoms in total. The number of benzene rings is 2. The molecule has 2 N–H and O–H groups in total. The standard InChI is InChI=1S/C23H29N5O6S/c1-23(27-35(4,30)31,14-34-19-8-6-18(7-9-19)28-16-24-15-26-28)22(29)25-12-11-17-5-10-20(32-2)21(13-17)33-3/h5-10,13,15-16,27H,11-12,14H2,1-4H3,(H,25,29). The van der Waals surface area contributed by atoms with E-state index in [1.165, 1.54) is 13.3 Å². The molecule has 0 aliphatic rings. The molecule has 0 aliphatic carbocycles. The number of methoxy groups -OCH3 is 2. The fourth-order valence-corrected chi connectivity index (χ4v) is 4.34. The van der Waals surface area contributed by atoms with Crippen LogP contribution in [0.1, 0.15) is 12.5 Å². The van der Waals surface area contributed by atoms with Crippen LogP contribution >= 0.6 is 0 Å². The fourth-order valence-electron chi connectivity index (χ4n) is 3.37. The Morgan fingerprint density at radius 3 is 2.40 bits per heavy atom. The first-order valence-electron chi connectivity index (χ1n) is 10.7. The summed E-state index contributed by atoms with van der Waals surface area (Å²) in [6.07, 6.45) is 4.49. The van der Waals surface area contributed by atoms with Crippen molar-refractivity contribution in [3.05, 3.63) is 60.7 Å². The van der Waals surface area contributed by atoms with E-state index in [-0.39, 0.29) is 13.2 Å². The van der Waals surface area contributed by atoms with Crippen LogP contribution in [-0.2, 0) is 21.2 Å². The first-order chi connectivity index (χ1) is 16.6. The average Bonchev–Trinajstić information content (AvgIpc) is 3.37. The van der Waals surface area contributed by atoms with E-state index in [1.54, 1.807) is 55.6 Å². The molecule has 0 aliphatic heterocycles. The van der Waals surface area contributed by atoms with Gasteiger partial charge in [0.1, 0.15) is 30.5 Å². The Labute approximate surface area is 204 Å². The van der Waals surface area contributed by atoms with Gasteiger partial charge < -0.3 is 19.5 Å². The second kappa shape index (κ2) is 11.2. The van der Waals surface area contributed by atoms with Crippen LogP contribution in [0.25, 0.3) is 5.69 Å². The second-order valence-electron chi connectivity index (χ2n) is 8.02. The third-order valence-corrected chi connectivity index (χ3v) is 5.93. The summed E-state index contributed by atoms with van der Waals surface area (Å²) in [6, 6.07) is 12.4. The molecule has 1 aromatic heterocycles. The third-order valence-electron chi connectivity index (χ3n) is 5.11. The zero-order chi connectivity index (χ0) is 25.5. The predicted octanol–water partition coefficient (Wildman–Crippen LogP) is 1.33. The zero-order valence-electron chi connectivity index (χ0n) is 20.0. The van der Waals surface area contributed by atoms with Gasteiger partial charge in [-0.05, 0) is 55.3 Å². The predicted molar refractivity (Wildman–Crippen MR) is 129 cm³/mol. The molecule has 35 heavy (non-hydrogen) atoms. The molecule has 2 aromatic carbocycles. The van der Waals surface area contributed by atoms with Gasteiger partial charge in [-0.3, -0.25) is 4.79 Å². The van der Waals surface area contributed by atoms with E-state index in [0.29, 0.717) is 23.7 Å². The number of amides is 1. The summed E-state index contributed by atoms with van der Waals surface area (Å²) < 4.78 is 44.2. The molecule has 3 aromatic rings. The van der Waals surface area contributed by atoms with Gasteiger partial charge in [0.15, 0.2) is 11.5 Å². The summed E-state index contributed by atoms with van der Waals surface area (Å²) in [6.45, 7) is 1.54. The Morgan fingerprint density at radius 1 is 1.09 bits per heavy atom. The van der Waals surface area contributed by atoms with Gasteiger partial charge in [-0.25, -0.2) is 18.1 Å². The number of ether oxygens (including phenoxy) is 3. The van der Waals surface area contributed by atoms with Gasteiger partial charge in [0.05, 0.1) is 26.2 Å². The Bertz CT molecular complexity index is 1230. The zero-order valence-corrected chi connectivity index (χ0v) is 20.8. The van der Waals surface area contributed by atoms with Crippen molar-refractivity contribution in [1.29, 1.82) is 0 Å². The van der Waals surface area contributed by atoms with Crippen molar-refractivity contribution in [1.82, 2.24) is 24.8 Å². The van der Waals surface area contributed by atoms with Gasteiger partial charge in [0.2, 0.25) is 15.9 Å². The molecular weight excluding hydrogens is 474 g/mol. The van der Waals surface area contributed by atoms with Crippen LogP contribution in [0.3, 0.4) is 0 Å². The number of carbonyl (C=O) groups excluding carboxylic acids is 1. The van der Waals surface area contributed by atoms with Crippen LogP contribution < -0.4 is 24.2 Å². The fraction of sp³-hybridized carbons (Fsp3) is 0.348. The van der Waals surface area contributed by atoms with Crippen molar-refractivity contribution in [3.63, 3.8) is 0 Å². The number of aromatic nitrogens is 3. The van der Waals surface area contributed by atoms with Crippen LogP contribution in [0.2, 0.25) is 0 Å². The number of rotatable bonds is 12. The highest BCUT2D eigenvalue weighted by molar-refractivity contribution is 7.88. The molecule has 12 heteroatoms. The molecule has 0 bridgehead atoms. The van der Waals surface area contributed by atoms with Crippen molar-refractivity contribution >= 4 is 15.9 Å². The number of nitrogens with zero attached hydrogens (tertiary/aromatic N) is 3. The topological polar surface area (TPSA) is 134 Å². The van der Waals surface area contributed by atoms with E-state index >= 15 is 0 Å². The molecule has 0 saturated carbocycles. The SMILES string of the molecule is COc1ccc(CCNC(=O)C(C)(COc2ccc(-n3cncn3)cc2)NS(C)(=O)=O)cc1OC. The highest BCUT2D eigenvalue weighted by atomic mass is 32.2. The van der Waals surface area contributed by atoms with Crippen LogP contribution in [-0.4, -0.2) is 68.3 Å². The van der Waals surface area contributed by atoms with E-state index < -0.39 is 21.5 Å². The number of nitrogens with one attached hydrogen (secondary N) is 2. The quantitative estimate of drug-likeness (QED) is 0.378. The number of carbonyl (C=O) groups is 1. The van der Waals surface area contributed by atoms with Gasteiger partial charge in [-0.1, -0.05) is 6.07 Å². The van der Waals surface area contributed by atoms with E-state index in [0.717, 1.165) is 17.5 Å².